The van der Waals surface area contributed by atoms with Gasteiger partial charge in [0.05, 0.1) is 18.5 Å². The van der Waals surface area contributed by atoms with Crippen LogP contribution in [0.2, 0.25) is 0 Å². The van der Waals surface area contributed by atoms with Gasteiger partial charge < -0.3 is 14.5 Å². The number of methoxy groups -OCH3 is 1. The number of benzene rings is 2. The van der Waals surface area contributed by atoms with E-state index in [1.54, 1.807) is 7.11 Å². The van der Waals surface area contributed by atoms with Crippen LogP contribution >= 0.6 is 0 Å². The topological polar surface area (TPSA) is 61.5 Å². The molecule has 1 aromatic heterocycles. The van der Waals surface area contributed by atoms with Gasteiger partial charge in [-0.05, 0) is 31.5 Å². The van der Waals surface area contributed by atoms with Gasteiger partial charge in [0, 0.05) is 38.2 Å². The van der Waals surface area contributed by atoms with Gasteiger partial charge >= 0.3 is 0 Å². The third-order valence-corrected chi connectivity index (χ3v) is 5.68. The van der Waals surface area contributed by atoms with Crippen LogP contribution in [0.3, 0.4) is 0 Å². The normalized spacial score (nSPS) is 14.1. The molecule has 0 unspecified atom stereocenters. The molecule has 0 aliphatic carbocycles. The van der Waals surface area contributed by atoms with E-state index in [1.165, 1.54) is 5.56 Å². The smallest absolute Gasteiger partial charge is 0.256 e. The average molecular weight is 405 g/mol. The molecule has 1 aliphatic heterocycles. The van der Waals surface area contributed by atoms with E-state index < -0.39 is 0 Å². The van der Waals surface area contributed by atoms with E-state index in [9.17, 15) is 4.79 Å². The van der Waals surface area contributed by atoms with Gasteiger partial charge in [0.25, 0.3) is 5.56 Å². The molecule has 6 heteroatoms. The second kappa shape index (κ2) is 8.61. The van der Waals surface area contributed by atoms with Crippen LogP contribution in [0, 0.1) is 13.8 Å². The molecule has 2 heterocycles. The first-order chi connectivity index (χ1) is 14.5. The second-order valence-electron chi connectivity index (χ2n) is 7.77. The van der Waals surface area contributed by atoms with E-state index in [1.807, 2.05) is 31.2 Å². The number of nitrogens with one attached hydrogen (secondary N) is 1. The summed E-state index contributed by atoms with van der Waals surface area (Å²) in [5, 5.41) is 0. The molecule has 0 saturated carbocycles. The molecule has 0 spiro atoms. The summed E-state index contributed by atoms with van der Waals surface area (Å²) in [5.41, 5.74) is 4.90. The van der Waals surface area contributed by atoms with Gasteiger partial charge in [-0.15, -0.1) is 0 Å². The summed E-state index contributed by atoms with van der Waals surface area (Å²) in [6, 6.07) is 16.3. The summed E-state index contributed by atoms with van der Waals surface area (Å²) < 4.78 is 5.50. The molecule has 0 atom stereocenters. The number of anilines is 2. The highest BCUT2D eigenvalue weighted by Crippen LogP contribution is 2.28. The summed E-state index contributed by atoms with van der Waals surface area (Å²) in [6.07, 6.45) is 0.595. The highest BCUT2D eigenvalue weighted by molar-refractivity contribution is 5.59. The van der Waals surface area contributed by atoms with Crippen LogP contribution < -0.4 is 20.1 Å². The maximum atomic E-state index is 12.8. The zero-order valence-corrected chi connectivity index (χ0v) is 17.8. The summed E-state index contributed by atoms with van der Waals surface area (Å²) >= 11 is 0. The van der Waals surface area contributed by atoms with Crippen molar-refractivity contribution in [2.45, 2.75) is 20.3 Å². The van der Waals surface area contributed by atoms with Gasteiger partial charge in [-0.25, -0.2) is 4.98 Å². The lowest BCUT2D eigenvalue weighted by atomic mass is 10.0. The average Bonchev–Trinajstić information content (AvgIpc) is 2.76. The summed E-state index contributed by atoms with van der Waals surface area (Å²) in [5.74, 6) is 1.54. The molecule has 156 valence electrons. The Hall–Kier alpha value is -3.28. The zero-order chi connectivity index (χ0) is 21.1. The number of aryl methyl sites for hydroxylation is 2. The Balaban J connectivity index is 1.48. The predicted octanol–water partition coefficient (Wildman–Crippen LogP) is 3.31. The standard InChI is InChI=1S/C24H28N4O2/c1-17-7-6-8-19(15-17)16-20-18(2)25-24(26-23(20)29)28-13-11-27(12-14-28)21-9-4-5-10-22(21)30-3/h4-10,15H,11-14,16H2,1-3H3,(H,25,26,29). The number of hydrogen-bond acceptors (Lipinski definition) is 5. The van der Waals surface area contributed by atoms with Crippen molar-refractivity contribution in [3.05, 3.63) is 81.3 Å². The van der Waals surface area contributed by atoms with Crippen LogP contribution in [0.25, 0.3) is 0 Å². The van der Waals surface area contributed by atoms with Crippen LogP contribution in [-0.2, 0) is 6.42 Å². The minimum Gasteiger partial charge on any atom is -0.495 e. The zero-order valence-electron chi connectivity index (χ0n) is 17.8. The van der Waals surface area contributed by atoms with E-state index in [0.29, 0.717) is 12.4 Å². The van der Waals surface area contributed by atoms with Crippen LogP contribution in [0.15, 0.2) is 53.3 Å². The molecule has 4 rings (SSSR count). The molecule has 0 radical (unpaired) electrons. The van der Waals surface area contributed by atoms with Crippen molar-refractivity contribution in [1.82, 2.24) is 9.97 Å². The molecule has 1 fully saturated rings. The monoisotopic (exact) mass is 404 g/mol. The minimum absolute atomic E-state index is 0.0498. The van der Waals surface area contributed by atoms with Crippen molar-refractivity contribution in [3.8, 4) is 5.75 Å². The summed E-state index contributed by atoms with van der Waals surface area (Å²) in [6.45, 7) is 7.25. The van der Waals surface area contributed by atoms with Crippen molar-refractivity contribution in [3.63, 3.8) is 0 Å². The third-order valence-electron chi connectivity index (χ3n) is 5.68. The maximum Gasteiger partial charge on any atom is 0.256 e. The molecular weight excluding hydrogens is 376 g/mol. The first kappa shape index (κ1) is 20.0. The molecule has 30 heavy (non-hydrogen) atoms. The SMILES string of the molecule is COc1ccccc1N1CCN(c2nc(C)c(Cc3cccc(C)c3)c(=O)[nH]2)CC1. The van der Waals surface area contributed by atoms with Gasteiger partial charge in [0.1, 0.15) is 5.75 Å². The largest absolute Gasteiger partial charge is 0.495 e. The Kier molecular flexibility index (Phi) is 5.74. The number of nitrogens with zero attached hydrogens (tertiary/aromatic N) is 3. The first-order valence-electron chi connectivity index (χ1n) is 10.3. The van der Waals surface area contributed by atoms with Crippen LogP contribution in [0.5, 0.6) is 5.75 Å². The lowest BCUT2D eigenvalue weighted by Crippen LogP contribution is -2.47. The fourth-order valence-electron chi connectivity index (χ4n) is 4.03. The van der Waals surface area contributed by atoms with Crippen LogP contribution in [0.1, 0.15) is 22.4 Å². The van der Waals surface area contributed by atoms with Crippen LogP contribution in [0.4, 0.5) is 11.6 Å². The number of para-hydroxylation sites is 2. The van der Waals surface area contributed by atoms with Crippen molar-refractivity contribution < 1.29 is 4.74 Å². The Morgan fingerprint density at radius 2 is 1.73 bits per heavy atom. The number of piperazine rings is 1. The maximum absolute atomic E-state index is 12.8. The molecule has 6 nitrogen and oxygen atoms in total. The number of ether oxygens (including phenoxy) is 1. The first-order valence-corrected chi connectivity index (χ1v) is 10.3. The number of rotatable bonds is 5. The van der Waals surface area contributed by atoms with E-state index in [4.69, 9.17) is 9.72 Å². The Labute approximate surface area is 177 Å². The fourth-order valence-corrected chi connectivity index (χ4v) is 4.03. The number of aromatic amines is 1. The molecule has 0 amide bonds. The molecule has 2 aromatic carbocycles. The lowest BCUT2D eigenvalue weighted by molar-refractivity contribution is 0.413. The Morgan fingerprint density at radius 1 is 1.00 bits per heavy atom. The van der Waals surface area contributed by atoms with Gasteiger partial charge in [-0.1, -0.05) is 42.0 Å². The number of H-pyrrole nitrogens is 1. The van der Waals surface area contributed by atoms with Gasteiger partial charge in [-0.3, -0.25) is 9.78 Å². The Morgan fingerprint density at radius 3 is 2.43 bits per heavy atom. The number of hydrogen-bond donors (Lipinski definition) is 1. The summed E-state index contributed by atoms with van der Waals surface area (Å²) in [7, 11) is 1.70. The fraction of sp³-hybridized carbons (Fsp3) is 0.333. The Bertz CT molecular complexity index is 1080. The predicted molar refractivity (Wildman–Crippen MR) is 121 cm³/mol. The molecule has 1 saturated heterocycles. The summed E-state index contributed by atoms with van der Waals surface area (Å²) in [4.78, 5) is 25.0. The molecular formula is C24H28N4O2. The molecule has 0 bridgehead atoms. The van der Waals surface area contributed by atoms with E-state index in [0.717, 1.165) is 54.4 Å². The van der Waals surface area contributed by atoms with Crippen molar-refractivity contribution >= 4 is 11.6 Å². The van der Waals surface area contributed by atoms with Crippen molar-refractivity contribution in [2.75, 3.05) is 43.1 Å². The number of aromatic nitrogens is 2. The van der Waals surface area contributed by atoms with Crippen molar-refractivity contribution in [2.24, 2.45) is 0 Å². The van der Waals surface area contributed by atoms with Gasteiger partial charge in [-0.2, -0.15) is 0 Å². The minimum atomic E-state index is -0.0498. The third kappa shape index (κ3) is 4.17. The highest BCUT2D eigenvalue weighted by atomic mass is 16.5. The van der Waals surface area contributed by atoms with Crippen LogP contribution in [-0.4, -0.2) is 43.3 Å². The van der Waals surface area contributed by atoms with Gasteiger partial charge in [0.15, 0.2) is 0 Å². The second-order valence-corrected chi connectivity index (χ2v) is 7.77. The van der Waals surface area contributed by atoms with Crippen molar-refractivity contribution in [1.29, 1.82) is 0 Å². The van der Waals surface area contributed by atoms with E-state index >= 15 is 0 Å². The molecule has 1 aliphatic rings. The van der Waals surface area contributed by atoms with E-state index in [2.05, 4.69) is 46.0 Å². The quantitative estimate of drug-likeness (QED) is 0.707. The van der Waals surface area contributed by atoms with E-state index in [-0.39, 0.29) is 5.56 Å². The molecule has 1 N–H and O–H groups in total. The molecule has 3 aromatic rings. The highest BCUT2D eigenvalue weighted by Gasteiger charge is 2.22. The lowest BCUT2D eigenvalue weighted by Gasteiger charge is -2.36. The van der Waals surface area contributed by atoms with Gasteiger partial charge in [0.2, 0.25) is 5.95 Å².